The Balaban J connectivity index is 0.00000111. The Morgan fingerprint density at radius 3 is 2.34 bits per heavy atom. The Morgan fingerprint density at radius 1 is 1.14 bits per heavy atom. The highest BCUT2D eigenvalue weighted by Gasteiger charge is 2.21. The van der Waals surface area contributed by atoms with E-state index in [2.05, 4.69) is 16.6 Å². The molecular weight excluding hydrogens is 481 g/mol. The number of alkyl halides is 3. The fourth-order valence-corrected chi connectivity index (χ4v) is 3.89. The van der Waals surface area contributed by atoms with Crippen molar-refractivity contribution >= 4 is 27.3 Å². The van der Waals surface area contributed by atoms with Crippen molar-refractivity contribution in [3.05, 3.63) is 84.5 Å². The highest BCUT2D eigenvalue weighted by Crippen LogP contribution is 2.29. The molecule has 2 aromatic carbocycles. The maximum Gasteiger partial charge on any atom is 0.386 e. The second-order valence-electron chi connectivity index (χ2n) is 7.16. The maximum absolute atomic E-state index is 12.9. The molecule has 0 atom stereocenters. The van der Waals surface area contributed by atoms with Gasteiger partial charge in [-0.1, -0.05) is 43.0 Å². The van der Waals surface area contributed by atoms with E-state index < -0.39 is 16.2 Å². The van der Waals surface area contributed by atoms with Crippen molar-refractivity contribution in [2.45, 2.75) is 38.8 Å². The van der Waals surface area contributed by atoms with Crippen molar-refractivity contribution in [1.82, 2.24) is 0 Å². The lowest BCUT2D eigenvalue weighted by atomic mass is 10.2. The number of sulfonamides is 1. The van der Waals surface area contributed by atoms with Gasteiger partial charge in [0.25, 0.3) is 15.9 Å². The zero-order valence-electron chi connectivity index (χ0n) is 19.9. The summed E-state index contributed by atoms with van der Waals surface area (Å²) in [6, 6.07) is 11.5. The van der Waals surface area contributed by atoms with Crippen molar-refractivity contribution in [3.63, 3.8) is 0 Å². The summed E-state index contributed by atoms with van der Waals surface area (Å²) in [5.74, 6) is -0.195. The monoisotopic (exact) mass is 510 g/mol. The van der Waals surface area contributed by atoms with Crippen LogP contribution in [0.15, 0.2) is 83.8 Å². The van der Waals surface area contributed by atoms with Crippen LogP contribution in [-0.4, -0.2) is 27.1 Å². The lowest BCUT2D eigenvalue weighted by molar-refractivity contribution is -0.112. The number of allylic oxidation sites excluding steroid dienone is 3. The summed E-state index contributed by atoms with van der Waals surface area (Å²) in [5, 5.41) is 2.74. The molecule has 0 aliphatic carbocycles. The third-order valence-electron chi connectivity index (χ3n) is 3.97. The number of carbonyl (C=O) groups is 1. The minimum atomic E-state index is -4.00. The van der Waals surface area contributed by atoms with Crippen LogP contribution in [0.4, 0.5) is 24.5 Å². The molecule has 0 saturated heterocycles. The first-order valence-electron chi connectivity index (χ1n) is 10.5. The molecule has 0 saturated carbocycles. The van der Waals surface area contributed by atoms with Crippen LogP contribution >= 0.6 is 0 Å². The van der Waals surface area contributed by atoms with Gasteiger partial charge in [-0.2, -0.15) is 13.2 Å². The summed E-state index contributed by atoms with van der Waals surface area (Å²) in [6.45, 7) is 9.50. The molecule has 2 rings (SSSR count). The van der Waals surface area contributed by atoms with E-state index in [0.29, 0.717) is 16.9 Å². The molecule has 0 aliphatic heterocycles. The number of carbonyl (C=O) groups excluding carboxylic acids is 1. The van der Waals surface area contributed by atoms with Gasteiger partial charge in [-0.05, 0) is 50.6 Å². The van der Waals surface area contributed by atoms with Crippen LogP contribution in [0.2, 0.25) is 0 Å². The number of benzene rings is 2. The van der Waals surface area contributed by atoms with Gasteiger partial charge >= 0.3 is 6.18 Å². The predicted octanol–water partition coefficient (Wildman–Crippen LogP) is 6.39. The molecule has 0 aromatic heterocycles. The van der Waals surface area contributed by atoms with Gasteiger partial charge in [-0.3, -0.25) is 9.52 Å². The molecule has 0 bridgehead atoms. The number of anilines is 2. The molecular formula is C25H29F3N2O4S. The summed E-state index contributed by atoms with van der Waals surface area (Å²) in [7, 11) is -3.89. The Bertz CT molecular complexity index is 1180. The number of halogens is 3. The molecule has 0 spiro atoms. The van der Waals surface area contributed by atoms with E-state index in [1.54, 1.807) is 50.3 Å². The fourth-order valence-electron chi connectivity index (χ4n) is 2.71. The number of amides is 1. The van der Waals surface area contributed by atoms with Crippen molar-refractivity contribution in [1.29, 1.82) is 0 Å². The Kier molecular flexibility index (Phi) is 11.3. The van der Waals surface area contributed by atoms with Gasteiger partial charge in [0.05, 0.1) is 6.61 Å². The van der Waals surface area contributed by atoms with E-state index in [-0.39, 0.29) is 30.1 Å². The molecule has 0 unspecified atom stereocenters. The summed E-state index contributed by atoms with van der Waals surface area (Å²) >= 11 is 0. The Morgan fingerprint density at radius 2 is 1.80 bits per heavy atom. The first-order chi connectivity index (χ1) is 16.3. The third-order valence-corrected chi connectivity index (χ3v) is 5.39. The quantitative estimate of drug-likeness (QED) is 0.302. The van der Waals surface area contributed by atoms with E-state index >= 15 is 0 Å². The summed E-state index contributed by atoms with van der Waals surface area (Å²) < 4.78 is 65.0. The van der Waals surface area contributed by atoms with Crippen molar-refractivity contribution in [2.75, 3.05) is 16.6 Å². The van der Waals surface area contributed by atoms with Crippen molar-refractivity contribution < 1.29 is 31.1 Å². The second kappa shape index (κ2) is 13.4. The lowest BCUT2D eigenvalue weighted by Gasteiger charge is -2.15. The molecule has 0 aliphatic rings. The predicted molar refractivity (Wildman–Crippen MR) is 133 cm³/mol. The van der Waals surface area contributed by atoms with Crippen molar-refractivity contribution in [3.8, 4) is 5.75 Å². The number of rotatable bonds is 9. The number of hydrogen-bond acceptors (Lipinski definition) is 4. The average molecular weight is 511 g/mol. The van der Waals surface area contributed by atoms with Gasteiger partial charge in [0, 0.05) is 29.9 Å². The molecule has 1 amide bonds. The largest absolute Gasteiger partial charge is 0.492 e. The smallest absolute Gasteiger partial charge is 0.386 e. The third kappa shape index (κ3) is 11.0. The first-order valence-corrected chi connectivity index (χ1v) is 12.0. The molecule has 0 radical (unpaired) electrons. The van der Waals surface area contributed by atoms with E-state index in [1.165, 1.54) is 24.3 Å². The maximum atomic E-state index is 12.9. The molecule has 6 nitrogen and oxygen atoms in total. The molecule has 2 aromatic rings. The molecule has 0 fully saturated rings. The van der Waals surface area contributed by atoms with E-state index in [0.717, 1.165) is 5.56 Å². The SMILES string of the molecule is C=C/C=C(\C=C/C)C(=O)Nc1ccc(S(=O)(=O)Nc2cccc(C)c2)c(OCC)c1.CC(F)(F)F. The summed E-state index contributed by atoms with van der Waals surface area (Å²) in [5.41, 5.74) is 2.23. The van der Waals surface area contributed by atoms with Crippen LogP contribution in [0, 0.1) is 6.92 Å². The highest BCUT2D eigenvalue weighted by molar-refractivity contribution is 7.92. The van der Waals surface area contributed by atoms with Crippen LogP contribution in [0.5, 0.6) is 5.75 Å². The Hall–Kier alpha value is -3.53. The van der Waals surface area contributed by atoms with Crippen LogP contribution in [0.25, 0.3) is 0 Å². The average Bonchev–Trinajstić information content (AvgIpc) is 2.72. The summed E-state index contributed by atoms with van der Waals surface area (Å²) in [4.78, 5) is 12.5. The highest BCUT2D eigenvalue weighted by atomic mass is 32.2. The zero-order chi connectivity index (χ0) is 26.6. The van der Waals surface area contributed by atoms with Crippen LogP contribution in [0.1, 0.15) is 26.3 Å². The second-order valence-corrected chi connectivity index (χ2v) is 8.81. The zero-order valence-corrected chi connectivity index (χ0v) is 20.8. The van der Waals surface area contributed by atoms with E-state index in [4.69, 9.17) is 4.74 Å². The molecule has 2 N–H and O–H groups in total. The van der Waals surface area contributed by atoms with Gasteiger partial charge in [0.15, 0.2) is 0 Å². The fraction of sp³-hybridized carbons (Fsp3) is 0.240. The van der Waals surface area contributed by atoms with Crippen LogP contribution in [-0.2, 0) is 14.8 Å². The summed E-state index contributed by atoms with van der Waals surface area (Å²) in [6.07, 6.45) is 2.51. The number of aryl methyl sites for hydroxylation is 1. The van der Waals surface area contributed by atoms with Gasteiger partial charge in [0.2, 0.25) is 0 Å². The van der Waals surface area contributed by atoms with Crippen LogP contribution < -0.4 is 14.8 Å². The van der Waals surface area contributed by atoms with Crippen LogP contribution in [0.3, 0.4) is 0 Å². The lowest BCUT2D eigenvalue weighted by Crippen LogP contribution is -2.16. The van der Waals surface area contributed by atoms with Gasteiger partial charge in [-0.15, -0.1) is 0 Å². The first kappa shape index (κ1) is 29.5. The van der Waals surface area contributed by atoms with Gasteiger partial charge < -0.3 is 10.1 Å². The normalized spacial score (nSPS) is 11.9. The number of hydrogen-bond donors (Lipinski definition) is 2. The topological polar surface area (TPSA) is 84.5 Å². The molecule has 190 valence electrons. The number of nitrogens with one attached hydrogen (secondary N) is 2. The molecule has 0 heterocycles. The van der Waals surface area contributed by atoms with E-state index in [9.17, 15) is 26.4 Å². The number of ether oxygens (including phenoxy) is 1. The Labute approximate surface area is 204 Å². The van der Waals surface area contributed by atoms with Gasteiger partial charge in [-0.25, -0.2) is 8.42 Å². The van der Waals surface area contributed by atoms with Gasteiger partial charge in [0.1, 0.15) is 10.6 Å². The minimum absolute atomic E-state index is 0.0147. The minimum Gasteiger partial charge on any atom is -0.492 e. The van der Waals surface area contributed by atoms with Crippen molar-refractivity contribution in [2.24, 2.45) is 0 Å². The molecule has 35 heavy (non-hydrogen) atoms. The molecule has 10 heteroatoms. The van der Waals surface area contributed by atoms with E-state index in [1.807, 2.05) is 13.0 Å². The standard InChI is InChI=1S/C23H26N2O4S.C2H3F3/c1-5-9-18(10-6-2)23(26)24-19-13-14-22(21(16-19)29-7-3)30(27,28)25-20-12-8-11-17(4)15-20;1-2(3,4)5/h5-6,8-16,25H,1,7H2,2-4H3,(H,24,26);1H3/b10-6-,18-9+;.